The third kappa shape index (κ3) is 2.42. The third-order valence-electron chi connectivity index (χ3n) is 4.74. The van der Waals surface area contributed by atoms with Crippen LogP contribution in [0.1, 0.15) is 36.5 Å². The van der Waals surface area contributed by atoms with Gasteiger partial charge in [0.15, 0.2) is 12.6 Å². The summed E-state index contributed by atoms with van der Waals surface area (Å²) in [6.45, 7) is 4.26. The van der Waals surface area contributed by atoms with Crippen LogP contribution in [0.25, 0.3) is 0 Å². The summed E-state index contributed by atoms with van der Waals surface area (Å²) in [6.07, 6.45) is 3.52. The Kier molecular flexibility index (Phi) is 3.76. The van der Waals surface area contributed by atoms with E-state index in [4.69, 9.17) is 14.7 Å². The molecule has 1 fully saturated rings. The first-order valence-electron chi connectivity index (χ1n) is 7.56. The molecule has 0 amide bonds. The second-order valence-corrected chi connectivity index (χ2v) is 6.14. The van der Waals surface area contributed by atoms with Crippen LogP contribution in [0.5, 0.6) is 0 Å². The van der Waals surface area contributed by atoms with Crippen LogP contribution in [0.4, 0.5) is 0 Å². The van der Waals surface area contributed by atoms with Gasteiger partial charge in [0.1, 0.15) is 11.4 Å². The summed E-state index contributed by atoms with van der Waals surface area (Å²) in [4.78, 5) is 11.6. The number of allylic oxidation sites excluding steroid dienone is 1. The molecular formula is C18H19NO3. The van der Waals surface area contributed by atoms with Gasteiger partial charge in [-0.05, 0) is 42.9 Å². The molecule has 2 aliphatic rings. The quantitative estimate of drug-likeness (QED) is 0.860. The van der Waals surface area contributed by atoms with E-state index in [1.54, 1.807) is 6.08 Å². The fourth-order valence-corrected chi connectivity index (χ4v) is 3.34. The van der Waals surface area contributed by atoms with Gasteiger partial charge in [-0.25, -0.2) is 0 Å². The van der Waals surface area contributed by atoms with Gasteiger partial charge < -0.3 is 9.47 Å². The fraction of sp³-hybridized carbons (Fsp3) is 0.444. The lowest BCUT2D eigenvalue weighted by molar-refractivity contribution is -0.117. The molecule has 22 heavy (non-hydrogen) atoms. The molecule has 0 aromatic heterocycles. The first-order valence-corrected chi connectivity index (χ1v) is 7.56. The van der Waals surface area contributed by atoms with E-state index in [0.29, 0.717) is 24.2 Å². The maximum atomic E-state index is 11.6. The predicted octanol–water partition coefficient (Wildman–Crippen LogP) is 3.04. The first-order chi connectivity index (χ1) is 10.5. The SMILES string of the molecule is Cc1ccc(C[C@@H](C)[C@]23CCC(=O)C=C2OCO3)cc1C#N. The smallest absolute Gasteiger partial charge is 0.189 e. The Morgan fingerprint density at radius 3 is 3.05 bits per heavy atom. The summed E-state index contributed by atoms with van der Waals surface area (Å²) in [6, 6.07) is 8.20. The summed E-state index contributed by atoms with van der Waals surface area (Å²) in [7, 11) is 0. The molecule has 1 aromatic carbocycles. The van der Waals surface area contributed by atoms with E-state index in [-0.39, 0.29) is 18.5 Å². The van der Waals surface area contributed by atoms with Crippen molar-refractivity contribution in [3.8, 4) is 6.07 Å². The standard InChI is InChI=1S/C18H19NO3/c1-12-3-4-14(8-15(12)10-19)7-13(2)18-6-5-16(20)9-17(18)21-11-22-18/h3-4,8-9,13H,5-7,11H2,1-2H3/t13-,18-/m1/s1. The molecule has 3 rings (SSSR count). The van der Waals surface area contributed by atoms with Gasteiger partial charge in [-0.15, -0.1) is 0 Å². The number of fused-ring (bicyclic) bond motifs is 1. The normalized spacial score (nSPS) is 25.0. The van der Waals surface area contributed by atoms with Gasteiger partial charge in [-0.3, -0.25) is 4.79 Å². The van der Waals surface area contributed by atoms with Crippen molar-refractivity contribution in [3.63, 3.8) is 0 Å². The molecule has 2 atom stereocenters. The lowest BCUT2D eigenvalue weighted by Gasteiger charge is -2.35. The molecule has 0 N–H and O–H groups in total. The summed E-state index contributed by atoms with van der Waals surface area (Å²) in [5.74, 6) is 0.942. The van der Waals surface area contributed by atoms with E-state index in [0.717, 1.165) is 17.5 Å². The van der Waals surface area contributed by atoms with Crippen molar-refractivity contribution in [2.24, 2.45) is 5.92 Å². The van der Waals surface area contributed by atoms with Gasteiger partial charge in [0.25, 0.3) is 0 Å². The minimum atomic E-state index is -0.494. The number of hydrogen-bond acceptors (Lipinski definition) is 4. The Hall–Kier alpha value is -2.12. The summed E-state index contributed by atoms with van der Waals surface area (Å²) in [5.41, 5.74) is 2.31. The Bertz CT molecular complexity index is 686. The number of benzene rings is 1. The molecular weight excluding hydrogens is 278 g/mol. The minimum absolute atomic E-state index is 0.102. The monoisotopic (exact) mass is 297 g/mol. The minimum Gasteiger partial charge on any atom is -0.469 e. The van der Waals surface area contributed by atoms with Crippen molar-refractivity contribution in [3.05, 3.63) is 46.7 Å². The number of nitrogens with zero attached hydrogens (tertiary/aromatic N) is 1. The van der Waals surface area contributed by atoms with Crippen molar-refractivity contribution in [2.45, 2.75) is 38.7 Å². The number of carbonyl (C=O) groups excluding carboxylic acids is 1. The molecule has 1 aliphatic heterocycles. The van der Waals surface area contributed by atoms with Gasteiger partial charge in [-0.1, -0.05) is 19.1 Å². The highest BCUT2D eigenvalue weighted by Gasteiger charge is 2.48. The molecule has 0 spiro atoms. The second kappa shape index (κ2) is 5.58. The van der Waals surface area contributed by atoms with E-state index in [9.17, 15) is 4.79 Å². The van der Waals surface area contributed by atoms with Crippen molar-refractivity contribution in [2.75, 3.05) is 6.79 Å². The van der Waals surface area contributed by atoms with Gasteiger partial charge in [0, 0.05) is 12.5 Å². The summed E-state index contributed by atoms with van der Waals surface area (Å²) >= 11 is 0. The third-order valence-corrected chi connectivity index (χ3v) is 4.74. The summed E-state index contributed by atoms with van der Waals surface area (Å²) in [5, 5.41) is 9.16. The summed E-state index contributed by atoms with van der Waals surface area (Å²) < 4.78 is 11.4. The van der Waals surface area contributed by atoms with Crippen molar-refractivity contribution in [1.29, 1.82) is 5.26 Å². The Labute approximate surface area is 130 Å². The van der Waals surface area contributed by atoms with E-state index < -0.39 is 5.60 Å². The second-order valence-electron chi connectivity index (χ2n) is 6.14. The van der Waals surface area contributed by atoms with Crippen LogP contribution in [-0.2, 0) is 20.7 Å². The molecule has 0 radical (unpaired) electrons. The fourth-order valence-electron chi connectivity index (χ4n) is 3.34. The molecule has 4 nitrogen and oxygen atoms in total. The Balaban J connectivity index is 1.85. The van der Waals surface area contributed by atoms with Crippen LogP contribution in [0.3, 0.4) is 0 Å². The van der Waals surface area contributed by atoms with Crippen molar-refractivity contribution in [1.82, 2.24) is 0 Å². The highest BCUT2D eigenvalue weighted by molar-refractivity contribution is 5.91. The van der Waals surface area contributed by atoms with Crippen LogP contribution in [0.15, 0.2) is 30.0 Å². The highest BCUT2D eigenvalue weighted by Crippen LogP contribution is 2.43. The maximum Gasteiger partial charge on any atom is 0.189 e. The first kappa shape index (κ1) is 14.8. The molecule has 4 heteroatoms. The van der Waals surface area contributed by atoms with Crippen LogP contribution in [0.2, 0.25) is 0 Å². The van der Waals surface area contributed by atoms with Gasteiger partial charge >= 0.3 is 0 Å². The predicted molar refractivity (Wildman–Crippen MR) is 80.9 cm³/mol. The van der Waals surface area contributed by atoms with Crippen LogP contribution < -0.4 is 0 Å². The van der Waals surface area contributed by atoms with E-state index in [2.05, 4.69) is 19.1 Å². The molecule has 1 saturated heterocycles. The van der Waals surface area contributed by atoms with Gasteiger partial charge in [0.2, 0.25) is 0 Å². The molecule has 0 saturated carbocycles. The average molecular weight is 297 g/mol. The number of nitriles is 1. The zero-order valence-electron chi connectivity index (χ0n) is 12.9. The highest BCUT2D eigenvalue weighted by atomic mass is 16.7. The van der Waals surface area contributed by atoms with Gasteiger partial charge in [-0.2, -0.15) is 5.26 Å². The van der Waals surface area contributed by atoms with Crippen molar-refractivity contribution < 1.29 is 14.3 Å². The molecule has 1 aliphatic carbocycles. The lowest BCUT2D eigenvalue weighted by atomic mass is 9.76. The number of ether oxygens (including phenoxy) is 2. The Morgan fingerprint density at radius 1 is 1.45 bits per heavy atom. The molecule has 1 heterocycles. The molecule has 1 aromatic rings. The zero-order chi connectivity index (χ0) is 15.7. The maximum absolute atomic E-state index is 11.6. The number of ketones is 1. The number of aryl methyl sites for hydroxylation is 1. The topological polar surface area (TPSA) is 59.3 Å². The number of rotatable bonds is 3. The molecule has 114 valence electrons. The molecule has 0 bridgehead atoms. The lowest BCUT2D eigenvalue weighted by Crippen LogP contribution is -2.41. The van der Waals surface area contributed by atoms with Gasteiger partial charge in [0.05, 0.1) is 11.6 Å². The Morgan fingerprint density at radius 2 is 2.27 bits per heavy atom. The van der Waals surface area contributed by atoms with Crippen LogP contribution in [0, 0.1) is 24.2 Å². The van der Waals surface area contributed by atoms with Crippen LogP contribution >= 0.6 is 0 Å². The number of carbonyl (C=O) groups is 1. The van der Waals surface area contributed by atoms with Crippen LogP contribution in [-0.4, -0.2) is 18.2 Å². The largest absolute Gasteiger partial charge is 0.469 e. The zero-order valence-corrected chi connectivity index (χ0v) is 12.9. The average Bonchev–Trinajstić information content (AvgIpc) is 2.93. The van der Waals surface area contributed by atoms with Crippen molar-refractivity contribution >= 4 is 5.78 Å². The van der Waals surface area contributed by atoms with E-state index >= 15 is 0 Å². The molecule has 0 unspecified atom stereocenters. The van der Waals surface area contributed by atoms with E-state index in [1.165, 1.54) is 0 Å². The van der Waals surface area contributed by atoms with E-state index in [1.807, 2.05) is 19.1 Å². The number of hydrogen-bond donors (Lipinski definition) is 0.